The number of piperidine rings is 1. The molecule has 2 aromatic heterocycles. The number of aryl methyl sites for hydroxylation is 1. The quantitative estimate of drug-likeness (QED) is 0.911. The predicted molar refractivity (Wildman–Crippen MR) is 75.3 cm³/mol. The van der Waals surface area contributed by atoms with Crippen LogP contribution in [0.1, 0.15) is 18.7 Å². The van der Waals surface area contributed by atoms with E-state index in [4.69, 9.17) is 0 Å². The summed E-state index contributed by atoms with van der Waals surface area (Å²) in [5, 5.41) is 18.7. The fourth-order valence-corrected chi connectivity index (χ4v) is 2.81. The van der Waals surface area contributed by atoms with Gasteiger partial charge in [-0.2, -0.15) is 0 Å². The number of nitrogens with zero attached hydrogens (tertiary/aromatic N) is 5. The Morgan fingerprint density at radius 1 is 1.48 bits per heavy atom. The summed E-state index contributed by atoms with van der Waals surface area (Å²) in [5.74, 6) is 0.662. The molecule has 1 fully saturated rings. The van der Waals surface area contributed by atoms with Crippen molar-refractivity contribution in [1.82, 2.24) is 19.7 Å². The van der Waals surface area contributed by atoms with E-state index in [2.05, 4.69) is 15.2 Å². The average Bonchev–Trinajstić information content (AvgIpc) is 2.84. The van der Waals surface area contributed by atoms with Gasteiger partial charge in [0, 0.05) is 32.8 Å². The highest BCUT2D eigenvalue weighted by atomic mass is 19.1. The summed E-state index contributed by atoms with van der Waals surface area (Å²) in [6.07, 6.45) is 5.01. The molecular weight excluding hydrogens is 273 g/mol. The van der Waals surface area contributed by atoms with Crippen molar-refractivity contribution < 1.29 is 9.50 Å². The zero-order valence-electron chi connectivity index (χ0n) is 11.9. The van der Waals surface area contributed by atoms with Gasteiger partial charge in [0.1, 0.15) is 12.2 Å². The average molecular weight is 291 g/mol. The first-order chi connectivity index (χ1) is 10.1. The Hall–Kier alpha value is -2.02. The van der Waals surface area contributed by atoms with Gasteiger partial charge in [-0.15, -0.1) is 10.2 Å². The fraction of sp³-hybridized carbons (Fsp3) is 0.500. The van der Waals surface area contributed by atoms with E-state index in [0.29, 0.717) is 31.7 Å². The van der Waals surface area contributed by atoms with Gasteiger partial charge in [0.05, 0.1) is 5.60 Å². The molecule has 3 heterocycles. The Bertz CT molecular complexity index is 631. The molecule has 1 atom stereocenters. The molecule has 6 nitrogen and oxygen atoms in total. The molecular formula is C14H18FN5O. The summed E-state index contributed by atoms with van der Waals surface area (Å²) in [4.78, 5) is 5.89. The smallest absolute Gasteiger partial charge is 0.165 e. The molecule has 1 N–H and O–H groups in total. The number of pyridine rings is 1. The second kappa shape index (κ2) is 5.40. The maximum absolute atomic E-state index is 13.9. The highest BCUT2D eigenvalue weighted by Crippen LogP contribution is 2.28. The molecule has 0 aromatic carbocycles. The number of rotatable bonds is 3. The number of anilines is 1. The summed E-state index contributed by atoms with van der Waals surface area (Å²) in [6.45, 7) is 1.03. The van der Waals surface area contributed by atoms with Gasteiger partial charge < -0.3 is 14.6 Å². The molecule has 1 aliphatic heterocycles. The van der Waals surface area contributed by atoms with Gasteiger partial charge in [-0.1, -0.05) is 0 Å². The zero-order valence-corrected chi connectivity index (χ0v) is 11.9. The number of aliphatic hydroxyl groups is 1. The van der Waals surface area contributed by atoms with E-state index in [1.165, 1.54) is 6.07 Å². The van der Waals surface area contributed by atoms with Crippen molar-refractivity contribution in [3.8, 4) is 0 Å². The van der Waals surface area contributed by atoms with Crippen molar-refractivity contribution in [3.63, 3.8) is 0 Å². The minimum Gasteiger partial charge on any atom is -0.388 e. The van der Waals surface area contributed by atoms with Crippen molar-refractivity contribution in [2.75, 3.05) is 18.0 Å². The molecule has 21 heavy (non-hydrogen) atoms. The Balaban J connectivity index is 1.79. The van der Waals surface area contributed by atoms with Crippen LogP contribution >= 0.6 is 0 Å². The minimum absolute atomic E-state index is 0.300. The van der Waals surface area contributed by atoms with Gasteiger partial charge in [0.25, 0.3) is 0 Å². The summed E-state index contributed by atoms with van der Waals surface area (Å²) in [7, 11) is 1.84. The van der Waals surface area contributed by atoms with Crippen molar-refractivity contribution in [2.24, 2.45) is 7.05 Å². The Kier molecular flexibility index (Phi) is 3.59. The van der Waals surface area contributed by atoms with Crippen molar-refractivity contribution in [3.05, 3.63) is 36.3 Å². The lowest BCUT2D eigenvalue weighted by Crippen LogP contribution is -2.50. The molecule has 112 valence electrons. The minimum atomic E-state index is -0.941. The summed E-state index contributed by atoms with van der Waals surface area (Å²) >= 11 is 0. The van der Waals surface area contributed by atoms with Crippen LogP contribution in [0.5, 0.6) is 0 Å². The third kappa shape index (κ3) is 2.87. The molecule has 1 unspecified atom stereocenters. The van der Waals surface area contributed by atoms with Crippen LogP contribution in [0.15, 0.2) is 24.7 Å². The van der Waals surface area contributed by atoms with Crippen LogP contribution in [0.2, 0.25) is 0 Å². The standard InChI is InChI=1S/C14H18FN5O/c1-19-10-17-18-12(19)8-14(21)5-3-7-20(9-14)13-11(15)4-2-6-16-13/h2,4,6,10,21H,3,5,7-9H2,1H3. The van der Waals surface area contributed by atoms with E-state index in [9.17, 15) is 9.50 Å². The monoisotopic (exact) mass is 291 g/mol. The van der Waals surface area contributed by atoms with Gasteiger partial charge in [0.2, 0.25) is 0 Å². The Morgan fingerprint density at radius 3 is 3.05 bits per heavy atom. The predicted octanol–water partition coefficient (Wildman–Crippen LogP) is 0.923. The van der Waals surface area contributed by atoms with E-state index in [1.807, 2.05) is 7.05 Å². The molecule has 0 saturated carbocycles. The number of halogens is 1. The molecule has 7 heteroatoms. The highest BCUT2D eigenvalue weighted by Gasteiger charge is 2.36. The van der Waals surface area contributed by atoms with Gasteiger partial charge in [-0.25, -0.2) is 9.37 Å². The van der Waals surface area contributed by atoms with E-state index < -0.39 is 5.60 Å². The number of hydrogen-bond donors (Lipinski definition) is 1. The summed E-state index contributed by atoms with van der Waals surface area (Å²) < 4.78 is 15.6. The van der Waals surface area contributed by atoms with Crippen LogP contribution in [0, 0.1) is 5.82 Å². The molecule has 0 spiro atoms. The van der Waals surface area contributed by atoms with Crippen LogP contribution in [0.4, 0.5) is 10.2 Å². The van der Waals surface area contributed by atoms with Crippen LogP contribution < -0.4 is 4.90 Å². The fourth-order valence-electron chi connectivity index (χ4n) is 2.81. The zero-order chi connectivity index (χ0) is 14.9. The Labute approximate surface area is 122 Å². The van der Waals surface area contributed by atoms with Crippen LogP contribution in [-0.4, -0.2) is 43.5 Å². The number of aromatic nitrogens is 4. The van der Waals surface area contributed by atoms with E-state index >= 15 is 0 Å². The lowest BCUT2D eigenvalue weighted by atomic mass is 9.89. The van der Waals surface area contributed by atoms with Crippen molar-refractivity contribution >= 4 is 5.82 Å². The normalized spacial score (nSPS) is 22.5. The highest BCUT2D eigenvalue weighted by molar-refractivity contribution is 5.41. The first-order valence-electron chi connectivity index (χ1n) is 6.98. The number of β-amino-alcohol motifs (C(OH)–C–C–N with tert-alkyl or cyclic N) is 1. The van der Waals surface area contributed by atoms with Gasteiger partial charge in [0.15, 0.2) is 11.6 Å². The van der Waals surface area contributed by atoms with Crippen LogP contribution in [-0.2, 0) is 13.5 Å². The van der Waals surface area contributed by atoms with Gasteiger partial charge >= 0.3 is 0 Å². The molecule has 0 aliphatic carbocycles. The van der Waals surface area contributed by atoms with Gasteiger partial charge in [-0.3, -0.25) is 0 Å². The molecule has 0 amide bonds. The maximum Gasteiger partial charge on any atom is 0.165 e. The largest absolute Gasteiger partial charge is 0.388 e. The van der Waals surface area contributed by atoms with E-state index in [1.54, 1.807) is 28.1 Å². The maximum atomic E-state index is 13.9. The van der Waals surface area contributed by atoms with Crippen molar-refractivity contribution in [2.45, 2.75) is 24.9 Å². The lowest BCUT2D eigenvalue weighted by molar-refractivity contribution is 0.0234. The van der Waals surface area contributed by atoms with Crippen LogP contribution in [0.25, 0.3) is 0 Å². The van der Waals surface area contributed by atoms with E-state index in [-0.39, 0.29) is 5.82 Å². The summed E-state index contributed by atoms with van der Waals surface area (Å²) in [5.41, 5.74) is -0.941. The molecule has 0 bridgehead atoms. The number of hydrogen-bond acceptors (Lipinski definition) is 5. The third-order valence-corrected chi connectivity index (χ3v) is 3.89. The molecule has 1 aliphatic rings. The molecule has 2 aromatic rings. The topological polar surface area (TPSA) is 67.1 Å². The second-order valence-electron chi connectivity index (χ2n) is 5.59. The Morgan fingerprint density at radius 2 is 2.33 bits per heavy atom. The van der Waals surface area contributed by atoms with Crippen LogP contribution in [0.3, 0.4) is 0 Å². The van der Waals surface area contributed by atoms with E-state index in [0.717, 1.165) is 12.2 Å². The third-order valence-electron chi connectivity index (χ3n) is 3.89. The molecule has 3 rings (SSSR count). The first kappa shape index (κ1) is 13.9. The first-order valence-corrected chi connectivity index (χ1v) is 6.98. The summed E-state index contributed by atoms with van der Waals surface area (Å²) in [6, 6.07) is 2.95. The van der Waals surface area contributed by atoms with Gasteiger partial charge in [-0.05, 0) is 25.0 Å². The SMILES string of the molecule is Cn1cnnc1CC1(O)CCCN(c2ncccc2F)C1. The van der Waals surface area contributed by atoms with Crippen molar-refractivity contribution in [1.29, 1.82) is 0 Å². The molecule has 0 radical (unpaired) electrons. The molecule has 1 saturated heterocycles. The second-order valence-corrected chi connectivity index (χ2v) is 5.59. The lowest BCUT2D eigenvalue weighted by Gasteiger charge is -2.39.